The Morgan fingerprint density at radius 2 is 2.05 bits per heavy atom. The van der Waals surface area contributed by atoms with Crippen molar-refractivity contribution in [1.29, 1.82) is 0 Å². The molecule has 2 heteroatoms. The average molecular weight is 255 g/mol. The van der Waals surface area contributed by atoms with E-state index in [-0.39, 0.29) is 5.91 Å². The summed E-state index contributed by atoms with van der Waals surface area (Å²) in [4.78, 5) is 11.8. The fourth-order valence-corrected chi connectivity index (χ4v) is 3.65. The van der Waals surface area contributed by atoms with Crippen LogP contribution in [-0.2, 0) is 4.79 Å². The Hall–Kier alpha value is -1.57. The summed E-state index contributed by atoms with van der Waals surface area (Å²) in [5.41, 5.74) is 1.07. The van der Waals surface area contributed by atoms with E-state index in [2.05, 4.69) is 5.32 Å². The molecule has 0 radical (unpaired) electrons. The number of benzene rings is 1. The maximum absolute atomic E-state index is 11.8. The summed E-state index contributed by atoms with van der Waals surface area (Å²) in [5, 5.41) is 3.05. The van der Waals surface area contributed by atoms with Gasteiger partial charge >= 0.3 is 0 Å². The van der Waals surface area contributed by atoms with Crippen molar-refractivity contribution < 1.29 is 4.79 Å². The fraction of sp³-hybridized carbons (Fsp3) is 0.471. The van der Waals surface area contributed by atoms with E-state index in [1.165, 1.54) is 25.7 Å². The summed E-state index contributed by atoms with van der Waals surface area (Å²) in [6.07, 6.45) is 9.04. The molecule has 0 saturated heterocycles. The topological polar surface area (TPSA) is 29.1 Å². The lowest BCUT2D eigenvalue weighted by Gasteiger charge is -2.21. The molecule has 2 fully saturated rings. The Bertz CT molecular complexity index is 465. The summed E-state index contributed by atoms with van der Waals surface area (Å²) < 4.78 is 0. The third kappa shape index (κ3) is 3.06. The molecule has 0 unspecified atom stereocenters. The zero-order chi connectivity index (χ0) is 13.1. The molecular formula is C17H21NO. The number of amides is 1. The van der Waals surface area contributed by atoms with Crippen molar-refractivity contribution in [3.63, 3.8) is 0 Å². The molecule has 0 spiro atoms. The standard InChI is InChI=1S/C17H21NO/c19-17(9-7-13-4-2-1-3-5-13)18-12-16-11-14-6-8-15(16)10-14/h1-5,7,9,14-16H,6,8,10-12H2,(H,18,19)/b9-7+/t14-,15-,16+/m0/s1. The number of carbonyl (C=O) groups excluding carboxylic acids is 1. The van der Waals surface area contributed by atoms with Crippen molar-refractivity contribution in [2.45, 2.75) is 25.7 Å². The van der Waals surface area contributed by atoms with Crippen molar-refractivity contribution >= 4 is 12.0 Å². The Kier molecular flexibility index (Phi) is 3.67. The molecule has 1 amide bonds. The Labute approximate surface area is 114 Å². The molecule has 2 aliphatic rings. The van der Waals surface area contributed by atoms with Crippen molar-refractivity contribution in [3.05, 3.63) is 42.0 Å². The van der Waals surface area contributed by atoms with Crippen LogP contribution in [0.2, 0.25) is 0 Å². The van der Waals surface area contributed by atoms with Gasteiger partial charge in [0, 0.05) is 12.6 Å². The zero-order valence-corrected chi connectivity index (χ0v) is 11.2. The monoisotopic (exact) mass is 255 g/mol. The zero-order valence-electron chi connectivity index (χ0n) is 11.2. The van der Waals surface area contributed by atoms with Crippen LogP contribution in [0, 0.1) is 17.8 Å². The second-order valence-corrected chi connectivity index (χ2v) is 5.92. The van der Waals surface area contributed by atoms with Crippen LogP contribution in [-0.4, -0.2) is 12.5 Å². The Morgan fingerprint density at radius 3 is 2.74 bits per heavy atom. The first-order chi connectivity index (χ1) is 9.31. The number of hydrogen-bond donors (Lipinski definition) is 1. The number of nitrogens with one attached hydrogen (secondary N) is 1. The minimum Gasteiger partial charge on any atom is -0.352 e. The molecule has 3 rings (SSSR count). The number of hydrogen-bond acceptors (Lipinski definition) is 1. The van der Waals surface area contributed by atoms with Gasteiger partial charge in [0.15, 0.2) is 0 Å². The molecule has 1 aromatic carbocycles. The molecule has 100 valence electrons. The number of rotatable bonds is 4. The minimum absolute atomic E-state index is 0.0339. The van der Waals surface area contributed by atoms with Crippen LogP contribution in [0.4, 0.5) is 0 Å². The average Bonchev–Trinajstić information content (AvgIpc) is 3.06. The largest absolute Gasteiger partial charge is 0.352 e. The van der Waals surface area contributed by atoms with E-state index in [9.17, 15) is 4.79 Å². The quantitative estimate of drug-likeness (QED) is 0.822. The van der Waals surface area contributed by atoms with Gasteiger partial charge in [-0.1, -0.05) is 36.8 Å². The van der Waals surface area contributed by atoms with Gasteiger partial charge in [0.1, 0.15) is 0 Å². The van der Waals surface area contributed by atoms with Gasteiger partial charge in [0.2, 0.25) is 5.91 Å². The van der Waals surface area contributed by atoms with Gasteiger partial charge in [0.25, 0.3) is 0 Å². The summed E-state index contributed by atoms with van der Waals surface area (Å²) in [5.74, 6) is 2.59. The van der Waals surface area contributed by atoms with Gasteiger partial charge in [-0.05, 0) is 48.7 Å². The van der Waals surface area contributed by atoms with E-state index in [0.29, 0.717) is 0 Å². The summed E-state index contributed by atoms with van der Waals surface area (Å²) >= 11 is 0. The van der Waals surface area contributed by atoms with Gasteiger partial charge in [-0.3, -0.25) is 4.79 Å². The third-order valence-electron chi connectivity index (χ3n) is 4.65. The van der Waals surface area contributed by atoms with Crippen molar-refractivity contribution in [2.75, 3.05) is 6.54 Å². The van der Waals surface area contributed by atoms with Crippen molar-refractivity contribution in [2.24, 2.45) is 17.8 Å². The second kappa shape index (κ2) is 5.60. The molecule has 2 bridgehead atoms. The smallest absolute Gasteiger partial charge is 0.244 e. The van der Waals surface area contributed by atoms with Gasteiger partial charge < -0.3 is 5.32 Å². The van der Waals surface area contributed by atoms with E-state index in [1.54, 1.807) is 6.08 Å². The van der Waals surface area contributed by atoms with Crippen molar-refractivity contribution in [1.82, 2.24) is 5.32 Å². The highest BCUT2D eigenvalue weighted by molar-refractivity contribution is 5.91. The molecule has 2 nitrogen and oxygen atoms in total. The highest BCUT2D eigenvalue weighted by atomic mass is 16.1. The lowest BCUT2D eigenvalue weighted by molar-refractivity contribution is -0.116. The SMILES string of the molecule is O=C(/C=C/c1ccccc1)NC[C@H]1C[C@H]2CC[C@H]1C2. The lowest BCUT2D eigenvalue weighted by Crippen LogP contribution is -2.30. The van der Waals surface area contributed by atoms with Crippen molar-refractivity contribution in [3.8, 4) is 0 Å². The highest BCUT2D eigenvalue weighted by Crippen LogP contribution is 2.47. The molecule has 0 heterocycles. The summed E-state index contributed by atoms with van der Waals surface area (Å²) in [6, 6.07) is 9.94. The van der Waals surface area contributed by atoms with Gasteiger partial charge in [-0.2, -0.15) is 0 Å². The molecule has 2 saturated carbocycles. The predicted octanol–water partition coefficient (Wildman–Crippen LogP) is 3.25. The molecule has 0 aliphatic heterocycles. The van der Waals surface area contributed by atoms with Crippen LogP contribution in [0.1, 0.15) is 31.2 Å². The van der Waals surface area contributed by atoms with Crippen LogP contribution in [0.15, 0.2) is 36.4 Å². The predicted molar refractivity (Wildman–Crippen MR) is 77.4 cm³/mol. The lowest BCUT2D eigenvalue weighted by atomic mass is 9.89. The third-order valence-corrected chi connectivity index (χ3v) is 4.65. The fourth-order valence-electron chi connectivity index (χ4n) is 3.65. The molecule has 1 aromatic rings. The van der Waals surface area contributed by atoms with Crippen LogP contribution in [0.3, 0.4) is 0 Å². The molecular weight excluding hydrogens is 234 g/mol. The summed E-state index contributed by atoms with van der Waals surface area (Å²) in [7, 11) is 0. The molecule has 0 aromatic heterocycles. The molecule has 3 atom stereocenters. The normalized spacial score (nSPS) is 28.9. The van der Waals surface area contributed by atoms with E-state index in [1.807, 2.05) is 36.4 Å². The first-order valence-corrected chi connectivity index (χ1v) is 7.32. The molecule has 2 aliphatic carbocycles. The van der Waals surface area contributed by atoms with Crippen LogP contribution in [0.25, 0.3) is 6.08 Å². The van der Waals surface area contributed by atoms with E-state index in [4.69, 9.17) is 0 Å². The van der Waals surface area contributed by atoms with Gasteiger partial charge in [0.05, 0.1) is 0 Å². The van der Waals surface area contributed by atoms with E-state index < -0.39 is 0 Å². The second-order valence-electron chi connectivity index (χ2n) is 5.92. The molecule has 1 N–H and O–H groups in total. The number of fused-ring (bicyclic) bond motifs is 2. The first kappa shape index (κ1) is 12.5. The first-order valence-electron chi connectivity index (χ1n) is 7.32. The van der Waals surface area contributed by atoms with Crippen LogP contribution < -0.4 is 5.32 Å². The maximum Gasteiger partial charge on any atom is 0.244 e. The van der Waals surface area contributed by atoms with E-state index >= 15 is 0 Å². The highest BCUT2D eigenvalue weighted by Gasteiger charge is 2.39. The van der Waals surface area contributed by atoms with Gasteiger partial charge in [-0.15, -0.1) is 0 Å². The van der Waals surface area contributed by atoms with Crippen LogP contribution in [0.5, 0.6) is 0 Å². The Balaban J connectivity index is 1.46. The summed E-state index contributed by atoms with van der Waals surface area (Å²) in [6.45, 7) is 0.860. The van der Waals surface area contributed by atoms with E-state index in [0.717, 1.165) is 29.9 Å². The van der Waals surface area contributed by atoms with Crippen LogP contribution >= 0.6 is 0 Å². The molecule has 19 heavy (non-hydrogen) atoms. The number of carbonyl (C=O) groups is 1. The minimum atomic E-state index is 0.0339. The Morgan fingerprint density at radius 1 is 1.21 bits per heavy atom. The van der Waals surface area contributed by atoms with Gasteiger partial charge in [-0.25, -0.2) is 0 Å². The maximum atomic E-state index is 11.8.